The summed E-state index contributed by atoms with van der Waals surface area (Å²) in [7, 11) is 0. The third kappa shape index (κ3) is 5.63. The molecule has 6 nitrogen and oxygen atoms in total. The van der Waals surface area contributed by atoms with Gasteiger partial charge in [0, 0.05) is 4.90 Å². The first-order chi connectivity index (χ1) is 16.0. The molecule has 170 valence electrons. The van der Waals surface area contributed by atoms with Gasteiger partial charge in [-0.25, -0.2) is 9.59 Å². The van der Waals surface area contributed by atoms with Gasteiger partial charge in [0.1, 0.15) is 11.5 Å². The summed E-state index contributed by atoms with van der Waals surface area (Å²) in [4.78, 5) is 26.5. The Balaban J connectivity index is 1.60. The van der Waals surface area contributed by atoms with Gasteiger partial charge in [0.05, 0.1) is 17.7 Å². The lowest BCUT2D eigenvalue weighted by Gasteiger charge is -2.24. The molecule has 1 aliphatic rings. The Kier molecular flexibility index (Phi) is 7.44. The molecule has 0 spiro atoms. The third-order valence-electron chi connectivity index (χ3n) is 5.23. The number of aliphatic hydroxyl groups is 1. The van der Waals surface area contributed by atoms with E-state index in [4.69, 9.17) is 14.2 Å². The standard InChI is InChI=1S/C26H24O6S/c1-17-12-14-20(15-13-17)33-26-23(32-25(29)19-10-6-3-7-11-19)22(21(16-27)30-26)31-24(28)18-8-4-2-5-9-18/h2-15,21-23,26-27H,16H2,1H3/t21-,22-,23-,26+/m1/s1. The van der Waals surface area contributed by atoms with E-state index in [0.717, 1.165) is 10.5 Å². The normalized spacial score (nSPS) is 22.0. The fourth-order valence-corrected chi connectivity index (χ4v) is 4.59. The van der Waals surface area contributed by atoms with E-state index >= 15 is 0 Å². The van der Waals surface area contributed by atoms with Crippen molar-refractivity contribution >= 4 is 23.7 Å². The SMILES string of the molecule is Cc1ccc(S[C@@H]2O[C@H](CO)[C@@H](OC(=O)c3ccccc3)[C@H]2OC(=O)c2ccccc2)cc1. The number of rotatable bonds is 7. The molecule has 0 bridgehead atoms. The molecule has 3 aromatic rings. The molecule has 0 aromatic heterocycles. The van der Waals surface area contributed by atoms with E-state index in [-0.39, 0.29) is 0 Å². The third-order valence-corrected chi connectivity index (χ3v) is 6.38. The Morgan fingerprint density at radius 2 is 1.33 bits per heavy atom. The predicted octanol–water partition coefficient (Wildman–Crippen LogP) is 4.26. The van der Waals surface area contributed by atoms with Crippen LogP contribution < -0.4 is 0 Å². The summed E-state index contributed by atoms with van der Waals surface area (Å²) >= 11 is 1.35. The van der Waals surface area contributed by atoms with Gasteiger partial charge < -0.3 is 19.3 Å². The molecular formula is C26H24O6S. The molecule has 0 aliphatic carbocycles. The average molecular weight is 465 g/mol. The van der Waals surface area contributed by atoms with Crippen LogP contribution in [0.4, 0.5) is 0 Å². The van der Waals surface area contributed by atoms with Crippen LogP contribution in [0.5, 0.6) is 0 Å². The molecule has 33 heavy (non-hydrogen) atoms. The number of ether oxygens (including phenoxy) is 3. The molecule has 0 amide bonds. The lowest BCUT2D eigenvalue weighted by Crippen LogP contribution is -2.41. The van der Waals surface area contributed by atoms with Crippen LogP contribution in [-0.4, -0.2) is 47.4 Å². The first-order valence-corrected chi connectivity index (χ1v) is 11.4. The van der Waals surface area contributed by atoms with Crippen LogP contribution in [-0.2, 0) is 14.2 Å². The number of aryl methyl sites for hydroxylation is 1. The average Bonchev–Trinajstić information content (AvgIpc) is 3.17. The van der Waals surface area contributed by atoms with Gasteiger partial charge in [0.2, 0.25) is 0 Å². The Morgan fingerprint density at radius 1 is 0.818 bits per heavy atom. The minimum Gasteiger partial charge on any atom is -0.452 e. The highest BCUT2D eigenvalue weighted by atomic mass is 32.2. The smallest absolute Gasteiger partial charge is 0.338 e. The number of aliphatic hydroxyl groups excluding tert-OH is 1. The molecule has 4 rings (SSSR count). The van der Waals surface area contributed by atoms with E-state index in [1.807, 2.05) is 31.2 Å². The molecule has 3 aromatic carbocycles. The van der Waals surface area contributed by atoms with E-state index < -0.39 is 42.3 Å². The number of benzene rings is 3. The van der Waals surface area contributed by atoms with E-state index in [1.165, 1.54) is 11.8 Å². The minimum atomic E-state index is -0.974. The molecule has 1 N–H and O–H groups in total. The molecule has 0 unspecified atom stereocenters. The second-order valence-electron chi connectivity index (χ2n) is 7.63. The monoisotopic (exact) mass is 464 g/mol. The van der Waals surface area contributed by atoms with Gasteiger partial charge in [0.15, 0.2) is 12.2 Å². The van der Waals surface area contributed by atoms with Gasteiger partial charge in [-0.05, 0) is 43.3 Å². The summed E-state index contributed by atoms with van der Waals surface area (Å²) in [5.74, 6) is -1.14. The largest absolute Gasteiger partial charge is 0.452 e. The first kappa shape index (κ1) is 23.0. The first-order valence-electron chi connectivity index (χ1n) is 10.6. The number of hydrogen-bond acceptors (Lipinski definition) is 7. The molecule has 1 fully saturated rings. The number of hydrogen-bond donors (Lipinski definition) is 1. The predicted molar refractivity (Wildman–Crippen MR) is 124 cm³/mol. The van der Waals surface area contributed by atoms with Crippen molar-refractivity contribution in [3.05, 3.63) is 102 Å². The Hall–Kier alpha value is -3.13. The van der Waals surface area contributed by atoms with Gasteiger partial charge in [-0.15, -0.1) is 0 Å². The van der Waals surface area contributed by atoms with Gasteiger partial charge >= 0.3 is 11.9 Å². The van der Waals surface area contributed by atoms with Crippen molar-refractivity contribution in [1.82, 2.24) is 0 Å². The van der Waals surface area contributed by atoms with E-state index in [9.17, 15) is 14.7 Å². The zero-order valence-electron chi connectivity index (χ0n) is 18.0. The number of carbonyl (C=O) groups excluding carboxylic acids is 2. The minimum absolute atomic E-state index is 0.358. The fraction of sp³-hybridized carbons (Fsp3) is 0.231. The maximum absolute atomic E-state index is 12.8. The topological polar surface area (TPSA) is 82.1 Å². The summed E-state index contributed by atoms with van der Waals surface area (Å²) < 4.78 is 17.5. The molecule has 4 atom stereocenters. The van der Waals surface area contributed by atoms with Crippen molar-refractivity contribution in [3.63, 3.8) is 0 Å². The number of thioether (sulfide) groups is 1. The van der Waals surface area contributed by atoms with Crippen LogP contribution in [0.15, 0.2) is 89.8 Å². The summed E-state index contributed by atoms with van der Waals surface area (Å²) in [6.45, 7) is 1.60. The van der Waals surface area contributed by atoms with Crippen molar-refractivity contribution in [1.29, 1.82) is 0 Å². The summed E-state index contributed by atoms with van der Waals surface area (Å²) in [5.41, 5.74) is 1.17. The Labute approximate surface area is 196 Å². The van der Waals surface area contributed by atoms with Crippen LogP contribution in [0.1, 0.15) is 26.3 Å². The molecule has 1 saturated heterocycles. The number of carbonyl (C=O) groups is 2. The van der Waals surface area contributed by atoms with E-state index in [0.29, 0.717) is 11.1 Å². The molecule has 1 heterocycles. The Morgan fingerprint density at radius 3 is 1.85 bits per heavy atom. The highest BCUT2D eigenvalue weighted by molar-refractivity contribution is 7.99. The summed E-state index contributed by atoms with van der Waals surface area (Å²) in [6, 6.07) is 24.9. The van der Waals surface area contributed by atoms with Gasteiger partial charge in [-0.2, -0.15) is 0 Å². The van der Waals surface area contributed by atoms with Crippen molar-refractivity contribution in [3.8, 4) is 0 Å². The summed E-state index contributed by atoms with van der Waals surface area (Å²) in [5, 5.41) is 9.94. The maximum atomic E-state index is 12.8. The zero-order valence-corrected chi connectivity index (χ0v) is 18.8. The zero-order chi connectivity index (χ0) is 23.2. The molecule has 1 aliphatic heterocycles. The Bertz CT molecular complexity index is 1070. The molecule has 7 heteroatoms. The van der Waals surface area contributed by atoms with Gasteiger partial charge in [-0.1, -0.05) is 65.9 Å². The van der Waals surface area contributed by atoms with Crippen LogP contribution in [0.3, 0.4) is 0 Å². The van der Waals surface area contributed by atoms with Crippen molar-refractivity contribution in [2.75, 3.05) is 6.61 Å². The lowest BCUT2D eigenvalue weighted by atomic mass is 10.1. The molecular weight excluding hydrogens is 440 g/mol. The second-order valence-corrected chi connectivity index (χ2v) is 8.80. The second kappa shape index (κ2) is 10.7. The van der Waals surface area contributed by atoms with Crippen molar-refractivity contribution < 1.29 is 28.9 Å². The lowest BCUT2D eigenvalue weighted by molar-refractivity contribution is -0.0388. The highest BCUT2D eigenvalue weighted by Crippen LogP contribution is 2.38. The van der Waals surface area contributed by atoms with Crippen molar-refractivity contribution in [2.24, 2.45) is 0 Å². The van der Waals surface area contributed by atoms with Crippen LogP contribution in [0.2, 0.25) is 0 Å². The van der Waals surface area contributed by atoms with Crippen molar-refractivity contribution in [2.45, 2.75) is 35.6 Å². The quantitative estimate of drug-likeness (QED) is 0.523. The van der Waals surface area contributed by atoms with Crippen LogP contribution in [0.25, 0.3) is 0 Å². The summed E-state index contributed by atoms with van der Waals surface area (Å²) in [6.07, 6.45) is -2.73. The molecule has 0 radical (unpaired) electrons. The van der Waals surface area contributed by atoms with E-state index in [2.05, 4.69) is 0 Å². The fourth-order valence-electron chi connectivity index (χ4n) is 3.48. The highest BCUT2D eigenvalue weighted by Gasteiger charge is 2.50. The van der Waals surface area contributed by atoms with Gasteiger partial charge in [-0.3, -0.25) is 0 Å². The number of esters is 2. The molecule has 0 saturated carbocycles. The van der Waals surface area contributed by atoms with Crippen LogP contribution >= 0.6 is 11.8 Å². The van der Waals surface area contributed by atoms with Crippen LogP contribution in [0, 0.1) is 6.92 Å². The van der Waals surface area contributed by atoms with E-state index in [1.54, 1.807) is 60.7 Å². The van der Waals surface area contributed by atoms with Gasteiger partial charge in [0.25, 0.3) is 0 Å². The maximum Gasteiger partial charge on any atom is 0.338 e.